The fourth-order valence-electron chi connectivity index (χ4n) is 2.70. The molecule has 18 heavy (non-hydrogen) atoms. The summed E-state index contributed by atoms with van der Waals surface area (Å²) in [4.78, 5) is 16.5. The van der Waals surface area contributed by atoms with Crippen molar-refractivity contribution in [2.24, 2.45) is 5.92 Å². The number of rotatable bonds is 3. The fourth-order valence-corrected chi connectivity index (χ4v) is 2.70. The van der Waals surface area contributed by atoms with Crippen molar-refractivity contribution in [3.05, 3.63) is 17.0 Å². The molecule has 1 aromatic heterocycles. The van der Waals surface area contributed by atoms with Crippen molar-refractivity contribution in [1.29, 1.82) is 0 Å². The molecule has 0 aliphatic carbocycles. The van der Waals surface area contributed by atoms with Crippen LogP contribution in [0.2, 0.25) is 0 Å². The zero-order chi connectivity index (χ0) is 13.3. The van der Waals surface area contributed by atoms with E-state index in [-0.39, 0.29) is 5.91 Å². The quantitative estimate of drug-likeness (QED) is 0.872. The van der Waals surface area contributed by atoms with E-state index in [4.69, 9.17) is 0 Å². The van der Waals surface area contributed by atoms with Crippen LogP contribution in [0.15, 0.2) is 0 Å². The first kappa shape index (κ1) is 13.1. The lowest BCUT2D eigenvalue weighted by Gasteiger charge is -2.21. The van der Waals surface area contributed by atoms with E-state index in [1.165, 1.54) is 6.42 Å². The number of carbonyl (C=O) groups is 1. The maximum atomic E-state index is 12.4. The van der Waals surface area contributed by atoms with Gasteiger partial charge in [0.25, 0.3) is 5.91 Å². The Morgan fingerprint density at radius 3 is 2.78 bits per heavy atom. The monoisotopic (exact) mass is 250 g/mol. The van der Waals surface area contributed by atoms with E-state index < -0.39 is 0 Å². The molecule has 0 spiro atoms. The molecule has 0 bridgehead atoms. The van der Waals surface area contributed by atoms with Crippen molar-refractivity contribution in [3.8, 4) is 0 Å². The summed E-state index contributed by atoms with van der Waals surface area (Å²) in [7, 11) is 4.01. The molecule has 5 heteroatoms. The lowest BCUT2D eigenvalue weighted by molar-refractivity contribution is 0.0772. The van der Waals surface area contributed by atoms with Crippen molar-refractivity contribution in [2.45, 2.75) is 20.3 Å². The van der Waals surface area contributed by atoms with Crippen LogP contribution in [0, 0.1) is 19.8 Å². The van der Waals surface area contributed by atoms with Gasteiger partial charge in [-0.1, -0.05) is 0 Å². The number of aromatic amines is 1. The number of aromatic nitrogens is 2. The molecule has 5 nitrogen and oxygen atoms in total. The summed E-state index contributed by atoms with van der Waals surface area (Å²) in [5, 5.41) is 6.95. The van der Waals surface area contributed by atoms with Crippen LogP contribution in [0.3, 0.4) is 0 Å². The molecule has 0 radical (unpaired) electrons. The Balaban J connectivity index is 2.01. The van der Waals surface area contributed by atoms with Crippen molar-refractivity contribution in [3.63, 3.8) is 0 Å². The molecule has 1 unspecified atom stereocenters. The van der Waals surface area contributed by atoms with Crippen LogP contribution in [-0.4, -0.2) is 59.6 Å². The Bertz CT molecular complexity index is 421. The predicted molar refractivity (Wildman–Crippen MR) is 70.6 cm³/mol. The number of nitrogens with one attached hydrogen (secondary N) is 1. The van der Waals surface area contributed by atoms with Gasteiger partial charge in [0.05, 0.1) is 11.3 Å². The van der Waals surface area contributed by atoms with Crippen LogP contribution in [0.25, 0.3) is 0 Å². The second-order valence-electron chi connectivity index (χ2n) is 5.41. The third-order valence-electron chi connectivity index (χ3n) is 3.71. The Morgan fingerprint density at radius 2 is 2.28 bits per heavy atom. The zero-order valence-corrected chi connectivity index (χ0v) is 11.7. The molecule has 1 amide bonds. The number of nitrogens with zero attached hydrogens (tertiary/aromatic N) is 3. The fraction of sp³-hybridized carbons (Fsp3) is 0.692. The van der Waals surface area contributed by atoms with Gasteiger partial charge in [-0.3, -0.25) is 9.89 Å². The molecular weight excluding hydrogens is 228 g/mol. The first-order chi connectivity index (χ1) is 8.49. The summed E-state index contributed by atoms with van der Waals surface area (Å²) < 4.78 is 0. The molecule has 0 aromatic carbocycles. The van der Waals surface area contributed by atoms with Crippen molar-refractivity contribution in [2.75, 3.05) is 33.7 Å². The highest BCUT2D eigenvalue weighted by atomic mass is 16.2. The molecule has 1 aliphatic heterocycles. The van der Waals surface area contributed by atoms with E-state index in [0.717, 1.165) is 36.6 Å². The van der Waals surface area contributed by atoms with E-state index in [9.17, 15) is 4.79 Å². The number of aryl methyl sites for hydroxylation is 2. The summed E-state index contributed by atoms with van der Waals surface area (Å²) in [6.45, 7) is 6.81. The van der Waals surface area contributed by atoms with Crippen molar-refractivity contribution >= 4 is 5.91 Å². The molecule has 1 N–H and O–H groups in total. The second kappa shape index (κ2) is 5.10. The minimum atomic E-state index is 0.0771. The van der Waals surface area contributed by atoms with Gasteiger partial charge in [0.2, 0.25) is 0 Å². The van der Waals surface area contributed by atoms with Gasteiger partial charge in [0.15, 0.2) is 0 Å². The lowest BCUT2D eigenvalue weighted by Crippen LogP contribution is -2.33. The van der Waals surface area contributed by atoms with Gasteiger partial charge < -0.3 is 9.80 Å². The average Bonchev–Trinajstić information content (AvgIpc) is 2.85. The molecule has 1 saturated heterocycles. The van der Waals surface area contributed by atoms with E-state index in [2.05, 4.69) is 22.1 Å². The minimum Gasteiger partial charge on any atom is -0.341 e. The number of carbonyl (C=O) groups excluding carboxylic acids is 1. The number of H-pyrrole nitrogens is 1. The van der Waals surface area contributed by atoms with Crippen molar-refractivity contribution in [1.82, 2.24) is 20.0 Å². The number of amides is 1. The van der Waals surface area contributed by atoms with E-state index >= 15 is 0 Å². The second-order valence-corrected chi connectivity index (χ2v) is 5.41. The molecule has 2 heterocycles. The van der Waals surface area contributed by atoms with Crippen LogP contribution < -0.4 is 0 Å². The summed E-state index contributed by atoms with van der Waals surface area (Å²) in [6, 6.07) is 0. The van der Waals surface area contributed by atoms with Crippen LogP contribution in [0.1, 0.15) is 28.2 Å². The summed E-state index contributed by atoms with van der Waals surface area (Å²) in [5.41, 5.74) is 2.37. The molecule has 1 aliphatic rings. The molecule has 100 valence electrons. The Labute approximate surface area is 108 Å². The number of likely N-dealkylation sites (tertiary alicyclic amines) is 1. The van der Waals surface area contributed by atoms with E-state index in [1.807, 2.05) is 25.8 Å². The van der Waals surface area contributed by atoms with Gasteiger partial charge in [-0.25, -0.2) is 0 Å². The standard InChI is InChI=1S/C13H22N4O/c1-9-12(10(2)15-14-9)13(18)17(4)8-11-5-6-16(3)7-11/h11H,5-8H2,1-4H3,(H,14,15). The smallest absolute Gasteiger partial charge is 0.257 e. The van der Waals surface area contributed by atoms with Crippen molar-refractivity contribution < 1.29 is 4.79 Å². The van der Waals surface area contributed by atoms with Gasteiger partial charge >= 0.3 is 0 Å². The summed E-state index contributed by atoms with van der Waals surface area (Å²) in [5.74, 6) is 0.671. The van der Waals surface area contributed by atoms with E-state index in [0.29, 0.717) is 5.92 Å². The van der Waals surface area contributed by atoms with Gasteiger partial charge in [-0.05, 0) is 39.8 Å². The van der Waals surface area contributed by atoms with Crippen LogP contribution in [0.5, 0.6) is 0 Å². The van der Waals surface area contributed by atoms with Gasteiger partial charge in [0, 0.05) is 25.8 Å². The molecule has 2 rings (SSSR count). The summed E-state index contributed by atoms with van der Waals surface area (Å²) >= 11 is 0. The highest BCUT2D eigenvalue weighted by Crippen LogP contribution is 2.17. The largest absolute Gasteiger partial charge is 0.341 e. The van der Waals surface area contributed by atoms with Gasteiger partial charge in [0.1, 0.15) is 0 Å². The van der Waals surface area contributed by atoms with Gasteiger partial charge in [-0.15, -0.1) is 0 Å². The number of hydrogen-bond acceptors (Lipinski definition) is 3. The van der Waals surface area contributed by atoms with Crippen LogP contribution in [-0.2, 0) is 0 Å². The molecule has 1 atom stereocenters. The first-order valence-corrected chi connectivity index (χ1v) is 6.44. The maximum Gasteiger partial charge on any atom is 0.257 e. The zero-order valence-electron chi connectivity index (χ0n) is 11.7. The SMILES string of the molecule is Cc1n[nH]c(C)c1C(=O)N(C)CC1CCN(C)C1. The molecular formula is C13H22N4O. The minimum absolute atomic E-state index is 0.0771. The molecule has 1 aromatic rings. The third kappa shape index (κ3) is 2.56. The third-order valence-corrected chi connectivity index (χ3v) is 3.71. The van der Waals surface area contributed by atoms with Gasteiger partial charge in [-0.2, -0.15) is 5.10 Å². The van der Waals surface area contributed by atoms with Crippen LogP contribution >= 0.6 is 0 Å². The Hall–Kier alpha value is -1.36. The molecule has 0 saturated carbocycles. The maximum absolute atomic E-state index is 12.4. The highest BCUT2D eigenvalue weighted by Gasteiger charge is 2.25. The molecule has 1 fully saturated rings. The average molecular weight is 250 g/mol. The van der Waals surface area contributed by atoms with Crippen LogP contribution in [0.4, 0.5) is 0 Å². The predicted octanol–water partition coefficient (Wildman–Crippen LogP) is 1.05. The lowest BCUT2D eigenvalue weighted by atomic mass is 10.1. The number of hydrogen-bond donors (Lipinski definition) is 1. The summed E-state index contributed by atoms with van der Waals surface area (Å²) in [6.07, 6.45) is 1.18. The highest BCUT2D eigenvalue weighted by molar-refractivity contribution is 5.96. The first-order valence-electron chi connectivity index (χ1n) is 6.44. The normalized spacial score (nSPS) is 20.3. The Kier molecular flexibility index (Phi) is 3.71. The topological polar surface area (TPSA) is 52.2 Å². The van der Waals surface area contributed by atoms with E-state index in [1.54, 1.807) is 0 Å². The Morgan fingerprint density at radius 1 is 1.56 bits per heavy atom.